The van der Waals surface area contributed by atoms with Crippen LogP contribution in [-0.4, -0.2) is 28.5 Å². The molecule has 0 atom stereocenters. The fourth-order valence-electron chi connectivity index (χ4n) is 4.21. The molecule has 5 nitrogen and oxygen atoms in total. The van der Waals surface area contributed by atoms with Crippen molar-refractivity contribution in [2.24, 2.45) is 0 Å². The second-order valence-corrected chi connectivity index (χ2v) is 9.94. The van der Waals surface area contributed by atoms with Crippen LogP contribution >= 0.6 is 34.5 Å². The van der Waals surface area contributed by atoms with Crippen LogP contribution in [0.4, 0.5) is 5.13 Å². The predicted octanol–water partition coefficient (Wildman–Crippen LogP) is 4.62. The van der Waals surface area contributed by atoms with Crippen molar-refractivity contribution < 1.29 is 4.79 Å². The number of carbonyl (C=O) groups is 1. The second kappa shape index (κ2) is 11.4. The molecule has 1 aliphatic heterocycles. The quantitative estimate of drug-likeness (QED) is 0.504. The molecular weight excluding hydrogens is 487 g/mol. The Morgan fingerprint density at radius 2 is 2.06 bits per heavy atom. The fraction of sp³-hybridized carbons (Fsp3) is 0.308. The highest BCUT2D eigenvalue weighted by Crippen LogP contribution is 2.24. The lowest BCUT2D eigenvalue weighted by Gasteiger charge is -2.15. The molecule has 0 saturated carbocycles. The van der Waals surface area contributed by atoms with E-state index in [1.807, 2.05) is 47.2 Å². The molecule has 4 rings (SSSR count). The van der Waals surface area contributed by atoms with Crippen LogP contribution in [0.3, 0.4) is 0 Å². The first-order chi connectivity index (χ1) is 16.5. The van der Waals surface area contributed by atoms with Crippen molar-refractivity contribution in [3.05, 3.63) is 68.6 Å². The number of nitrogens with one attached hydrogen (secondary N) is 2. The Hall–Kier alpha value is -2.38. The van der Waals surface area contributed by atoms with E-state index in [9.17, 15) is 4.79 Å². The minimum Gasteiger partial charge on any atom is -0.334 e. The minimum atomic E-state index is -0.150. The van der Waals surface area contributed by atoms with Crippen molar-refractivity contribution >= 4 is 57.2 Å². The number of allylic oxidation sites excluding steroid dienone is 2. The van der Waals surface area contributed by atoms with Gasteiger partial charge in [-0.1, -0.05) is 67.0 Å². The highest BCUT2D eigenvalue weighted by molar-refractivity contribution is 7.14. The standard InChI is InChI=1S/C26H28Cl2N4OS/c1-3-19(27)14-21(28)25-17(2)20-11-13-29-12-7-10-23(20)32(25)15-24(33)31-26-30-22(16-34-26)18-8-5-4-6-9-18/h4-6,8-9,14,16,29H,2-3,7,10-13,15H2,1H3,(H,30,31,33)/b19-14+,25-21-. The van der Waals surface area contributed by atoms with E-state index >= 15 is 0 Å². The number of hydrogen-bond acceptors (Lipinski definition) is 4. The Kier molecular flexibility index (Phi) is 8.27. The van der Waals surface area contributed by atoms with E-state index in [0.29, 0.717) is 21.6 Å². The average molecular weight is 516 g/mol. The summed E-state index contributed by atoms with van der Waals surface area (Å²) in [6.45, 7) is 8.26. The van der Waals surface area contributed by atoms with E-state index in [1.54, 1.807) is 6.08 Å². The van der Waals surface area contributed by atoms with Crippen LogP contribution in [-0.2, 0) is 24.2 Å². The molecule has 1 aromatic carbocycles. The third-order valence-electron chi connectivity index (χ3n) is 5.88. The number of halogens is 2. The van der Waals surface area contributed by atoms with Gasteiger partial charge in [-0.25, -0.2) is 4.98 Å². The van der Waals surface area contributed by atoms with E-state index in [1.165, 1.54) is 11.3 Å². The van der Waals surface area contributed by atoms with Gasteiger partial charge < -0.3 is 15.2 Å². The zero-order chi connectivity index (χ0) is 24.1. The lowest BCUT2D eigenvalue weighted by molar-refractivity contribution is -0.116. The van der Waals surface area contributed by atoms with Gasteiger partial charge in [-0.3, -0.25) is 4.79 Å². The summed E-state index contributed by atoms with van der Waals surface area (Å²) in [5, 5.41) is 11.7. The van der Waals surface area contributed by atoms with Gasteiger partial charge in [0.05, 0.1) is 16.1 Å². The van der Waals surface area contributed by atoms with Crippen molar-refractivity contribution in [2.45, 2.75) is 39.2 Å². The van der Waals surface area contributed by atoms with Gasteiger partial charge in [0.1, 0.15) is 6.54 Å². The molecule has 0 spiro atoms. The highest BCUT2D eigenvalue weighted by atomic mass is 35.5. The number of fused-ring (bicyclic) bond motifs is 1. The van der Waals surface area contributed by atoms with Crippen molar-refractivity contribution in [3.63, 3.8) is 0 Å². The van der Waals surface area contributed by atoms with E-state index in [-0.39, 0.29) is 12.5 Å². The zero-order valence-electron chi connectivity index (χ0n) is 19.2. The summed E-state index contributed by atoms with van der Waals surface area (Å²) in [4.78, 5) is 17.7. The SMILES string of the molecule is C=c1c2c(n(CC(=O)Nc3nc(-c4ccccc4)cs3)/c1=C(Cl)/C=C(/Cl)CC)CCCNCC2. The van der Waals surface area contributed by atoms with Crippen molar-refractivity contribution in [1.29, 1.82) is 0 Å². The summed E-state index contributed by atoms with van der Waals surface area (Å²) in [5.74, 6) is -0.150. The topological polar surface area (TPSA) is 59.0 Å². The maximum atomic E-state index is 13.1. The number of carbonyl (C=O) groups excluding carboxylic acids is 1. The number of hydrogen-bond donors (Lipinski definition) is 2. The number of nitrogens with zero attached hydrogens (tertiary/aromatic N) is 2. The van der Waals surface area contributed by atoms with Gasteiger partial charge in [-0.15, -0.1) is 11.3 Å². The number of benzene rings is 1. The Morgan fingerprint density at radius 3 is 2.82 bits per heavy atom. The number of anilines is 1. The first kappa shape index (κ1) is 24.7. The molecule has 3 heterocycles. The smallest absolute Gasteiger partial charge is 0.246 e. The molecule has 0 radical (unpaired) electrons. The monoisotopic (exact) mass is 514 g/mol. The summed E-state index contributed by atoms with van der Waals surface area (Å²) < 4.78 is 2.02. The molecule has 1 amide bonds. The average Bonchev–Trinajstić information content (AvgIpc) is 3.36. The van der Waals surface area contributed by atoms with Gasteiger partial charge in [0.2, 0.25) is 5.91 Å². The van der Waals surface area contributed by atoms with Gasteiger partial charge in [0.15, 0.2) is 5.13 Å². The summed E-state index contributed by atoms with van der Waals surface area (Å²) in [7, 11) is 0. The normalized spacial score (nSPS) is 15.3. The third-order valence-corrected chi connectivity index (χ3v) is 7.30. The van der Waals surface area contributed by atoms with Crippen molar-refractivity contribution in [1.82, 2.24) is 14.9 Å². The number of amides is 1. The molecular formula is C26H28Cl2N4OS. The van der Waals surface area contributed by atoms with E-state index < -0.39 is 0 Å². The second-order valence-electron chi connectivity index (χ2n) is 8.19. The molecule has 0 fully saturated rings. The maximum absolute atomic E-state index is 13.1. The molecule has 0 aliphatic carbocycles. The van der Waals surface area contributed by atoms with E-state index in [0.717, 1.165) is 65.4 Å². The Bertz CT molecular complexity index is 1310. The Labute approximate surface area is 213 Å². The Morgan fingerprint density at radius 1 is 1.26 bits per heavy atom. The summed E-state index contributed by atoms with van der Waals surface area (Å²) in [6.07, 6.45) is 5.12. The number of rotatable bonds is 6. The van der Waals surface area contributed by atoms with Crippen molar-refractivity contribution in [2.75, 3.05) is 18.4 Å². The fourth-order valence-corrected chi connectivity index (χ4v) is 5.46. The first-order valence-electron chi connectivity index (χ1n) is 11.4. The number of thiazole rings is 1. The molecule has 178 valence electrons. The van der Waals surface area contributed by atoms with Crippen LogP contribution in [0.1, 0.15) is 31.0 Å². The van der Waals surface area contributed by atoms with E-state index in [4.69, 9.17) is 23.2 Å². The lowest BCUT2D eigenvalue weighted by Crippen LogP contribution is -2.34. The minimum absolute atomic E-state index is 0.134. The van der Waals surface area contributed by atoms with Gasteiger partial charge in [-0.05, 0) is 55.6 Å². The molecule has 34 heavy (non-hydrogen) atoms. The maximum Gasteiger partial charge on any atom is 0.246 e. The third kappa shape index (κ3) is 5.63. The zero-order valence-corrected chi connectivity index (χ0v) is 21.5. The van der Waals surface area contributed by atoms with Gasteiger partial charge in [-0.2, -0.15) is 0 Å². The highest BCUT2D eigenvalue weighted by Gasteiger charge is 2.19. The summed E-state index contributed by atoms with van der Waals surface area (Å²) >= 11 is 14.4. The molecule has 1 aliphatic rings. The van der Waals surface area contributed by atoms with Crippen LogP contribution < -0.4 is 21.2 Å². The molecule has 2 N–H and O–H groups in total. The first-order valence-corrected chi connectivity index (χ1v) is 13.1. The molecule has 0 bridgehead atoms. The molecule has 8 heteroatoms. The van der Waals surface area contributed by atoms with Crippen LogP contribution in [0.25, 0.3) is 22.9 Å². The van der Waals surface area contributed by atoms with Gasteiger partial charge in [0, 0.05) is 21.7 Å². The van der Waals surface area contributed by atoms with Crippen LogP contribution in [0, 0.1) is 0 Å². The lowest BCUT2D eigenvalue weighted by atomic mass is 10.1. The summed E-state index contributed by atoms with van der Waals surface area (Å²) in [6, 6.07) is 9.92. The van der Waals surface area contributed by atoms with Crippen LogP contribution in [0.15, 0.2) is 46.8 Å². The largest absolute Gasteiger partial charge is 0.334 e. The molecule has 0 unspecified atom stereocenters. The predicted molar refractivity (Wildman–Crippen MR) is 144 cm³/mol. The van der Waals surface area contributed by atoms with E-state index in [2.05, 4.69) is 22.2 Å². The van der Waals surface area contributed by atoms with Crippen molar-refractivity contribution in [3.8, 4) is 11.3 Å². The van der Waals surface area contributed by atoms with Gasteiger partial charge in [0.25, 0.3) is 0 Å². The molecule has 0 saturated heterocycles. The van der Waals surface area contributed by atoms with Crippen LogP contribution in [0.5, 0.6) is 0 Å². The number of aromatic nitrogens is 2. The van der Waals surface area contributed by atoms with Gasteiger partial charge >= 0.3 is 0 Å². The Balaban J connectivity index is 1.67. The molecule has 3 aromatic rings. The van der Waals surface area contributed by atoms with Crippen LogP contribution in [0.2, 0.25) is 0 Å². The molecule has 2 aromatic heterocycles. The summed E-state index contributed by atoms with van der Waals surface area (Å²) in [5.41, 5.74) is 4.15.